The van der Waals surface area contributed by atoms with Gasteiger partial charge in [0.05, 0.1) is 11.6 Å². The quantitative estimate of drug-likeness (QED) is 0.692. The van der Waals surface area contributed by atoms with Crippen LogP contribution in [0, 0.1) is 11.3 Å². The molecule has 7 heteroatoms. The van der Waals surface area contributed by atoms with Crippen molar-refractivity contribution < 1.29 is 4.79 Å². The SMILES string of the molecule is N#Cc1ccc(NC(=O)c2ccnc(Nc3ccc(N4CCCC4)cc3)n2)cc1. The van der Waals surface area contributed by atoms with Crippen molar-refractivity contribution in [3.63, 3.8) is 0 Å². The van der Waals surface area contributed by atoms with Gasteiger partial charge in [-0.15, -0.1) is 0 Å². The Morgan fingerprint density at radius 1 is 0.966 bits per heavy atom. The fourth-order valence-corrected chi connectivity index (χ4v) is 3.23. The standard InChI is InChI=1S/C22H20N6O/c23-15-16-3-5-17(6-4-16)25-21(29)20-11-12-24-22(27-20)26-18-7-9-19(10-8-18)28-13-1-2-14-28/h3-12H,1-2,13-14H2,(H,25,29)(H,24,26,27). The van der Waals surface area contributed by atoms with E-state index in [0.717, 1.165) is 18.8 Å². The van der Waals surface area contributed by atoms with Gasteiger partial charge in [0.1, 0.15) is 5.69 Å². The number of nitrogens with one attached hydrogen (secondary N) is 2. The van der Waals surface area contributed by atoms with Crippen molar-refractivity contribution >= 4 is 28.9 Å². The van der Waals surface area contributed by atoms with Gasteiger partial charge in [0.25, 0.3) is 5.91 Å². The Hall–Kier alpha value is -3.92. The summed E-state index contributed by atoms with van der Waals surface area (Å²) in [5, 5.41) is 14.8. The summed E-state index contributed by atoms with van der Waals surface area (Å²) in [4.78, 5) is 23.3. The first-order valence-corrected chi connectivity index (χ1v) is 9.48. The van der Waals surface area contributed by atoms with Crippen LogP contribution < -0.4 is 15.5 Å². The zero-order valence-electron chi connectivity index (χ0n) is 15.8. The molecule has 0 spiro atoms. The molecular weight excluding hydrogens is 364 g/mol. The van der Waals surface area contributed by atoms with Gasteiger partial charge in [-0.25, -0.2) is 9.97 Å². The van der Waals surface area contributed by atoms with E-state index in [4.69, 9.17) is 5.26 Å². The van der Waals surface area contributed by atoms with Crippen LogP contribution in [-0.2, 0) is 0 Å². The highest BCUT2D eigenvalue weighted by Gasteiger charge is 2.12. The lowest BCUT2D eigenvalue weighted by molar-refractivity contribution is 0.102. The van der Waals surface area contributed by atoms with Gasteiger partial charge in [-0.3, -0.25) is 4.79 Å². The topological polar surface area (TPSA) is 93.9 Å². The molecule has 0 bridgehead atoms. The minimum absolute atomic E-state index is 0.251. The third kappa shape index (κ3) is 4.50. The fourth-order valence-electron chi connectivity index (χ4n) is 3.23. The molecule has 0 unspecified atom stereocenters. The van der Waals surface area contributed by atoms with Crippen molar-refractivity contribution in [3.8, 4) is 6.07 Å². The maximum absolute atomic E-state index is 12.5. The van der Waals surface area contributed by atoms with E-state index in [-0.39, 0.29) is 11.6 Å². The van der Waals surface area contributed by atoms with E-state index in [1.165, 1.54) is 18.5 Å². The highest BCUT2D eigenvalue weighted by Crippen LogP contribution is 2.23. The summed E-state index contributed by atoms with van der Waals surface area (Å²) in [6.07, 6.45) is 4.03. The van der Waals surface area contributed by atoms with Crippen LogP contribution >= 0.6 is 0 Å². The number of nitrogens with zero attached hydrogens (tertiary/aromatic N) is 4. The average molecular weight is 384 g/mol. The van der Waals surface area contributed by atoms with Crippen molar-refractivity contribution in [1.82, 2.24) is 9.97 Å². The van der Waals surface area contributed by atoms with Crippen LogP contribution in [0.3, 0.4) is 0 Å². The lowest BCUT2D eigenvalue weighted by Crippen LogP contribution is -2.17. The van der Waals surface area contributed by atoms with Gasteiger partial charge in [0.15, 0.2) is 0 Å². The number of hydrogen-bond donors (Lipinski definition) is 2. The molecule has 1 aromatic heterocycles. The maximum Gasteiger partial charge on any atom is 0.274 e. The number of rotatable bonds is 5. The molecule has 1 fully saturated rings. The van der Waals surface area contributed by atoms with Gasteiger partial charge in [-0.05, 0) is 67.4 Å². The molecule has 1 saturated heterocycles. The van der Waals surface area contributed by atoms with E-state index < -0.39 is 0 Å². The van der Waals surface area contributed by atoms with Gasteiger partial charge < -0.3 is 15.5 Å². The zero-order chi connectivity index (χ0) is 20.1. The first-order valence-electron chi connectivity index (χ1n) is 9.48. The predicted molar refractivity (Wildman–Crippen MR) is 112 cm³/mol. The minimum Gasteiger partial charge on any atom is -0.372 e. The number of benzene rings is 2. The molecule has 0 atom stereocenters. The summed E-state index contributed by atoms with van der Waals surface area (Å²) in [5.74, 6) is 0.0101. The van der Waals surface area contributed by atoms with Crippen molar-refractivity contribution in [2.45, 2.75) is 12.8 Å². The molecule has 4 rings (SSSR count). The number of anilines is 4. The Kier molecular flexibility index (Phi) is 5.34. The Bertz CT molecular complexity index is 1030. The average Bonchev–Trinajstić information content (AvgIpc) is 3.30. The van der Waals surface area contributed by atoms with Crippen molar-refractivity contribution in [3.05, 3.63) is 72.1 Å². The molecule has 144 valence electrons. The van der Waals surface area contributed by atoms with Crippen LogP contribution in [0.4, 0.5) is 23.0 Å². The molecule has 0 aliphatic carbocycles. The van der Waals surface area contributed by atoms with Crippen LogP contribution in [0.2, 0.25) is 0 Å². The Morgan fingerprint density at radius 3 is 2.34 bits per heavy atom. The normalized spacial score (nSPS) is 13.0. The van der Waals surface area contributed by atoms with E-state index in [9.17, 15) is 4.79 Å². The third-order valence-electron chi connectivity index (χ3n) is 4.75. The number of carbonyl (C=O) groups excluding carboxylic acids is 1. The highest BCUT2D eigenvalue weighted by molar-refractivity contribution is 6.03. The second-order valence-electron chi connectivity index (χ2n) is 6.77. The Morgan fingerprint density at radius 2 is 1.66 bits per heavy atom. The van der Waals surface area contributed by atoms with Gasteiger partial charge in [0.2, 0.25) is 5.95 Å². The van der Waals surface area contributed by atoms with E-state index >= 15 is 0 Å². The van der Waals surface area contributed by atoms with Gasteiger partial charge in [0, 0.05) is 36.3 Å². The van der Waals surface area contributed by atoms with Crippen LogP contribution in [-0.4, -0.2) is 29.0 Å². The zero-order valence-corrected chi connectivity index (χ0v) is 15.8. The van der Waals surface area contributed by atoms with E-state index in [0.29, 0.717) is 17.2 Å². The molecule has 0 radical (unpaired) electrons. The Balaban J connectivity index is 1.42. The fraction of sp³-hybridized carbons (Fsp3) is 0.182. The van der Waals surface area contributed by atoms with E-state index in [2.05, 4.69) is 37.6 Å². The lowest BCUT2D eigenvalue weighted by atomic mass is 10.2. The summed E-state index contributed by atoms with van der Waals surface area (Å²) in [6, 6.07) is 18.4. The minimum atomic E-state index is -0.343. The second-order valence-corrected chi connectivity index (χ2v) is 6.77. The molecule has 29 heavy (non-hydrogen) atoms. The summed E-state index contributed by atoms with van der Waals surface area (Å²) >= 11 is 0. The first kappa shape index (κ1) is 18.4. The van der Waals surface area contributed by atoms with E-state index in [1.807, 2.05) is 18.2 Å². The molecule has 1 amide bonds. The molecule has 1 aliphatic heterocycles. The predicted octanol–water partition coefficient (Wildman–Crippen LogP) is 3.94. The molecule has 1 aliphatic rings. The summed E-state index contributed by atoms with van der Waals surface area (Å²) in [5.41, 5.74) is 3.45. The lowest BCUT2D eigenvalue weighted by Gasteiger charge is -2.17. The second kappa shape index (κ2) is 8.40. The molecule has 3 aromatic rings. The van der Waals surface area contributed by atoms with Crippen LogP contribution in [0.25, 0.3) is 0 Å². The van der Waals surface area contributed by atoms with Gasteiger partial charge in [-0.2, -0.15) is 5.26 Å². The molecular formula is C22H20N6O. The number of nitriles is 1. The van der Waals surface area contributed by atoms with Crippen molar-refractivity contribution in [1.29, 1.82) is 5.26 Å². The highest BCUT2D eigenvalue weighted by atomic mass is 16.1. The van der Waals surface area contributed by atoms with Crippen molar-refractivity contribution in [2.24, 2.45) is 0 Å². The van der Waals surface area contributed by atoms with Crippen molar-refractivity contribution in [2.75, 3.05) is 28.6 Å². The maximum atomic E-state index is 12.5. The number of hydrogen-bond acceptors (Lipinski definition) is 6. The molecule has 2 N–H and O–H groups in total. The first-order chi connectivity index (χ1) is 14.2. The number of aromatic nitrogens is 2. The smallest absolute Gasteiger partial charge is 0.274 e. The van der Waals surface area contributed by atoms with E-state index in [1.54, 1.807) is 36.5 Å². The Labute approximate surface area is 169 Å². The largest absolute Gasteiger partial charge is 0.372 e. The number of amides is 1. The molecule has 2 aromatic carbocycles. The summed E-state index contributed by atoms with van der Waals surface area (Å²) in [6.45, 7) is 2.21. The monoisotopic (exact) mass is 384 g/mol. The molecule has 7 nitrogen and oxygen atoms in total. The summed E-state index contributed by atoms with van der Waals surface area (Å²) in [7, 11) is 0. The summed E-state index contributed by atoms with van der Waals surface area (Å²) < 4.78 is 0. The number of carbonyl (C=O) groups is 1. The van der Waals surface area contributed by atoms with Gasteiger partial charge >= 0.3 is 0 Å². The van der Waals surface area contributed by atoms with Crippen LogP contribution in [0.15, 0.2) is 60.8 Å². The molecule has 0 saturated carbocycles. The third-order valence-corrected chi connectivity index (χ3v) is 4.75. The van der Waals surface area contributed by atoms with Crippen LogP contribution in [0.1, 0.15) is 28.9 Å². The van der Waals surface area contributed by atoms with Crippen LogP contribution in [0.5, 0.6) is 0 Å². The molecule has 2 heterocycles. The van der Waals surface area contributed by atoms with Gasteiger partial charge in [-0.1, -0.05) is 0 Å².